The molecule has 2 heterocycles. The molecule has 0 spiro atoms. The lowest BCUT2D eigenvalue weighted by atomic mass is 9.93. The van der Waals surface area contributed by atoms with E-state index in [-0.39, 0.29) is 11.6 Å². The van der Waals surface area contributed by atoms with Crippen molar-refractivity contribution >= 4 is 22.7 Å². The second-order valence-corrected chi connectivity index (χ2v) is 8.83. The summed E-state index contributed by atoms with van der Waals surface area (Å²) in [6.45, 7) is 6.46. The van der Waals surface area contributed by atoms with Gasteiger partial charge in [0.1, 0.15) is 36.3 Å². The molecule has 0 unspecified atom stereocenters. The van der Waals surface area contributed by atoms with Crippen molar-refractivity contribution in [2.75, 3.05) is 38.7 Å². The van der Waals surface area contributed by atoms with E-state index in [4.69, 9.17) is 21.1 Å². The number of hydrogen-bond donors (Lipinski definition) is 1. The quantitative estimate of drug-likeness (QED) is 0.432. The zero-order valence-electron chi connectivity index (χ0n) is 19.2. The zero-order chi connectivity index (χ0) is 23.9. The molecule has 0 aromatic heterocycles. The van der Waals surface area contributed by atoms with Crippen molar-refractivity contribution in [3.05, 3.63) is 89.7 Å². The molecular formula is C28H29ClFNO3. The molecule has 0 bridgehead atoms. The van der Waals surface area contributed by atoms with Gasteiger partial charge in [-0.25, -0.2) is 4.39 Å². The molecule has 3 aromatic rings. The van der Waals surface area contributed by atoms with Crippen LogP contribution in [0.5, 0.6) is 17.2 Å². The molecule has 4 nitrogen and oxygen atoms in total. The molecule has 1 N–H and O–H groups in total. The summed E-state index contributed by atoms with van der Waals surface area (Å²) in [5.41, 5.74) is 3.88. The van der Waals surface area contributed by atoms with Gasteiger partial charge in [-0.3, -0.25) is 4.90 Å². The second-order valence-electron chi connectivity index (χ2n) is 8.52. The van der Waals surface area contributed by atoms with E-state index < -0.39 is 0 Å². The first-order valence-electron chi connectivity index (χ1n) is 11.4. The lowest BCUT2D eigenvalue weighted by Crippen LogP contribution is -2.48. The van der Waals surface area contributed by atoms with Gasteiger partial charge < -0.3 is 14.6 Å². The maximum Gasteiger partial charge on any atom is 0.127 e. The Hall–Kier alpha value is -3.02. The van der Waals surface area contributed by atoms with Gasteiger partial charge in [-0.2, -0.15) is 0 Å². The first-order valence-corrected chi connectivity index (χ1v) is 11.9. The van der Waals surface area contributed by atoms with E-state index >= 15 is 0 Å². The third kappa shape index (κ3) is 6.10. The second kappa shape index (κ2) is 11.4. The average molecular weight is 482 g/mol. The molecule has 6 heteroatoms. The monoisotopic (exact) mass is 481 g/mol. The van der Waals surface area contributed by atoms with Crippen molar-refractivity contribution in [2.45, 2.75) is 6.92 Å². The third-order valence-electron chi connectivity index (χ3n) is 6.05. The molecule has 0 atom stereocenters. The zero-order valence-corrected chi connectivity index (χ0v) is 20.0. The number of ether oxygens (including phenoxy) is 2. The standard InChI is InChI=1S/C16H13FO2.C12H16ClNO/c1-10-14-8-13(18)6-7-16(14)19-9-15(10)11-2-4-12(17)5-3-11;13-8-11-9-14(10-11)6-7-15-12-4-2-1-3-5-12/h2-8,18H,9H2,1H3;1-5,11H,6-10H2. The van der Waals surface area contributed by atoms with Crippen molar-refractivity contribution in [1.82, 2.24) is 4.90 Å². The normalized spacial score (nSPS) is 15.5. The molecule has 34 heavy (non-hydrogen) atoms. The Morgan fingerprint density at radius 1 is 1.06 bits per heavy atom. The molecule has 3 aromatic carbocycles. The highest BCUT2D eigenvalue weighted by Crippen LogP contribution is 2.38. The number of alkyl halides is 1. The Kier molecular flexibility index (Phi) is 8.09. The smallest absolute Gasteiger partial charge is 0.127 e. The molecule has 1 fully saturated rings. The van der Waals surface area contributed by atoms with Crippen molar-refractivity contribution in [3.63, 3.8) is 0 Å². The minimum atomic E-state index is -0.253. The number of likely N-dealkylation sites (tertiary alicyclic amines) is 1. The number of phenols is 1. The number of nitrogens with zero attached hydrogens (tertiary/aromatic N) is 1. The van der Waals surface area contributed by atoms with Crippen LogP contribution >= 0.6 is 11.6 Å². The van der Waals surface area contributed by atoms with Crippen molar-refractivity contribution in [1.29, 1.82) is 0 Å². The highest BCUT2D eigenvalue weighted by atomic mass is 35.5. The number of halogens is 2. The summed E-state index contributed by atoms with van der Waals surface area (Å²) in [4.78, 5) is 2.37. The number of para-hydroxylation sites is 1. The van der Waals surface area contributed by atoms with Gasteiger partial charge in [0, 0.05) is 36.7 Å². The number of phenolic OH excluding ortho intramolecular Hbond substituents is 1. The van der Waals surface area contributed by atoms with E-state index in [0.29, 0.717) is 12.5 Å². The highest BCUT2D eigenvalue weighted by Gasteiger charge is 2.25. The highest BCUT2D eigenvalue weighted by molar-refractivity contribution is 6.18. The summed E-state index contributed by atoms with van der Waals surface area (Å²) in [5.74, 6) is 3.16. The molecular weight excluding hydrogens is 453 g/mol. The van der Waals surface area contributed by atoms with Crippen LogP contribution in [0.2, 0.25) is 0 Å². The summed E-state index contributed by atoms with van der Waals surface area (Å²) in [6, 6.07) is 21.4. The van der Waals surface area contributed by atoms with Crippen LogP contribution in [0.25, 0.3) is 11.1 Å². The van der Waals surface area contributed by atoms with Crippen molar-refractivity contribution in [3.8, 4) is 17.2 Å². The lowest BCUT2D eigenvalue weighted by molar-refractivity contribution is 0.0950. The van der Waals surface area contributed by atoms with Gasteiger partial charge in [0.15, 0.2) is 0 Å². The van der Waals surface area contributed by atoms with Gasteiger partial charge in [0.2, 0.25) is 0 Å². The number of allylic oxidation sites excluding steroid dienone is 1. The van der Waals surface area contributed by atoms with Crippen LogP contribution in [0.15, 0.2) is 72.8 Å². The molecule has 5 rings (SSSR count). The van der Waals surface area contributed by atoms with E-state index in [2.05, 4.69) is 4.90 Å². The van der Waals surface area contributed by atoms with Crippen LogP contribution in [0.1, 0.15) is 18.1 Å². The minimum Gasteiger partial charge on any atom is -0.508 e. The van der Waals surface area contributed by atoms with Crippen LogP contribution in [-0.4, -0.2) is 48.7 Å². The SMILES string of the molecule is CC1=C(c2ccc(F)cc2)COc2ccc(O)cc21.ClCC1CN(CCOc2ccccc2)C1. The van der Waals surface area contributed by atoms with Crippen LogP contribution in [-0.2, 0) is 0 Å². The number of benzene rings is 3. The Morgan fingerprint density at radius 3 is 2.50 bits per heavy atom. The summed E-state index contributed by atoms with van der Waals surface area (Å²) in [7, 11) is 0. The van der Waals surface area contributed by atoms with Gasteiger partial charge in [0.25, 0.3) is 0 Å². The molecule has 0 saturated carbocycles. The number of hydrogen-bond acceptors (Lipinski definition) is 4. The Morgan fingerprint density at radius 2 is 1.79 bits per heavy atom. The van der Waals surface area contributed by atoms with E-state index in [1.807, 2.05) is 37.3 Å². The number of rotatable bonds is 6. The van der Waals surface area contributed by atoms with Gasteiger partial charge >= 0.3 is 0 Å². The van der Waals surface area contributed by atoms with E-state index in [1.54, 1.807) is 30.3 Å². The maximum absolute atomic E-state index is 13.0. The fourth-order valence-corrected chi connectivity index (χ4v) is 4.27. The topological polar surface area (TPSA) is 41.9 Å². The molecule has 0 aliphatic carbocycles. The van der Waals surface area contributed by atoms with Crippen molar-refractivity contribution < 1.29 is 19.0 Å². The Balaban J connectivity index is 0.000000166. The number of aromatic hydroxyl groups is 1. The average Bonchev–Trinajstić information content (AvgIpc) is 2.83. The van der Waals surface area contributed by atoms with E-state index in [0.717, 1.165) is 65.9 Å². The van der Waals surface area contributed by atoms with Crippen LogP contribution < -0.4 is 9.47 Å². The van der Waals surface area contributed by atoms with Gasteiger partial charge in [-0.1, -0.05) is 30.3 Å². The van der Waals surface area contributed by atoms with Crippen molar-refractivity contribution in [2.24, 2.45) is 5.92 Å². The summed E-state index contributed by atoms with van der Waals surface area (Å²) >= 11 is 5.74. The molecule has 2 aliphatic rings. The largest absolute Gasteiger partial charge is 0.508 e. The minimum absolute atomic E-state index is 0.210. The Bertz CT molecular complexity index is 1110. The first-order chi connectivity index (χ1) is 16.5. The fourth-order valence-electron chi connectivity index (χ4n) is 4.07. The van der Waals surface area contributed by atoms with Gasteiger partial charge in [0.05, 0.1) is 0 Å². The molecule has 178 valence electrons. The molecule has 2 aliphatic heterocycles. The first kappa shape index (κ1) is 24.1. The number of fused-ring (bicyclic) bond motifs is 1. The van der Waals surface area contributed by atoms with Crippen LogP contribution in [0, 0.1) is 11.7 Å². The molecule has 1 saturated heterocycles. The molecule has 0 radical (unpaired) electrons. The third-order valence-corrected chi connectivity index (χ3v) is 6.49. The predicted molar refractivity (Wildman–Crippen MR) is 135 cm³/mol. The summed E-state index contributed by atoms with van der Waals surface area (Å²) in [5, 5.41) is 9.57. The van der Waals surface area contributed by atoms with E-state index in [1.165, 1.54) is 12.1 Å². The van der Waals surface area contributed by atoms with Crippen LogP contribution in [0.4, 0.5) is 4.39 Å². The molecule has 0 amide bonds. The Labute approximate surface area is 205 Å². The van der Waals surface area contributed by atoms with E-state index in [9.17, 15) is 9.50 Å². The summed E-state index contributed by atoms with van der Waals surface area (Å²) in [6.07, 6.45) is 0. The maximum atomic E-state index is 13.0. The predicted octanol–water partition coefficient (Wildman–Crippen LogP) is 6.09. The lowest BCUT2D eigenvalue weighted by Gasteiger charge is -2.37. The van der Waals surface area contributed by atoms with Crippen LogP contribution in [0.3, 0.4) is 0 Å². The fraction of sp³-hybridized carbons (Fsp3) is 0.286. The summed E-state index contributed by atoms with van der Waals surface area (Å²) < 4.78 is 24.3. The van der Waals surface area contributed by atoms with Gasteiger partial charge in [-0.05, 0) is 66.4 Å². The van der Waals surface area contributed by atoms with Gasteiger partial charge in [-0.15, -0.1) is 11.6 Å².